The molecule has 30 heavy (non-hydrogen) atoms. The number of aromatic nitrogens is 1. The molecule has 1 fully saturated rings. The van der Waals surface area contributed by atoms with Crippen LogP contribution in [0.3, 0.4) is 0 Å². The lowest BCUT2D eigenvalue weighted by Crippen LogP contribution is -2.31. The second-order valence-corrected chi connectivity index (χ2v) is 6.81. The van der Waals surface area contributed by atoms with Gasteiger partial charge in [0, 0.05) is 11.8 Å². The fourth-order valence-corrected chi connectivity index (χ4v) is 3.68. The number of aromatic hydroxyl groups is 1. The highest BCUT2D eigenvalue weighted by Crippen LogP contribution is 2.42. The van der Waals surface area contributed by atoms with Crippen molar-refractivity contribution in [2.24, 2.45) is 5.92 Å². The molecule has 7 nitrogen and oxygen atoms in total. The van der Waals surface area contributed by atoms with Crippen LogP contribution < -0.4 is 9.64 Å². The standard InChI is InChI=1S/C23H18N2O5/c1-30-17-13-15(10-11-16(17)26)20-19(21(27)14-7-3-2-4-8-14)22(28)23(29)25(20)18-9-5-6-12-24-18/h2-13,19-20,26H,1H3. The number of phenolic OH excluding ortho intramolecular Hbond substituents is 1. The first-order valence-corrected chi connectivity index (χ1v) is 9.27. The van der Waals surface area contributed by atoms with Gasteiger partial charge in [0.1, 0.15) is 11.7 Å². The van der Waals surface area contributed by atoms with E-state index in [1.54, 1.807) is 54.6 Å². The molecule has 0 spiro atoms. The Bertz CT molecular complexity index is 1110. The van der Waals surface area contributed by atoms with Crippen molar-refractivity contribution < 1.29 is 24.2 Å². The first kappa shape index (κ1) is 19.3. The Morgan fingerprint density at radius 1 is 1.03 bits per heavy atom. The zero-order chi connectivity index (χ0) is 21.3. The number of anilines is 1. The van der Waals surface area contributed by atoms with Gasteiger partial charge >= 0.3 is 0 Å². The molecule has 1 aliphatic rings. The van der Waals surface area contributed by atoms with Gasteiger partial charge in [-0.25, -0.2) is 4.98 Å². The summed E-state index contributed by atoms with van der Waals surface area (Å²) in [6.07, 6.45) is 1.51. The summed E-state index contributed by atoms with van der Waals surface area (Å²) >= 11 is 0. The van der Waals surface area contributed by atoms with E-state index in [-0.39, 0.29) is 17.3 Å². The summed E-state index contributed by atoms with van der Waals surface area (Å²) in [7, 11) is 1.40. The lowest BCUT2D eigenvalue weighted by atomic mass is 9.86. The van der Waals surface area contributed by atoms with Gasteiger partial charge in [-0.1, -0.05) is 42.5 Å². The van der Waals surface area contributed by atoms with Crippen LogP contribution in [0.5, 0.6) is 11.5 Å². The molecule has 1 aromatic heterocycles. The Kier molecular flexibility index (Phi) is 5.02. The summed E-state index contributed by atoms with van der Waals surface area (Å²) in [5.74, 6) is -2.97. The van der Waals surface area contributed by atoms with Gasteiger partial charge in [-0.15, -0.1) is 0 Å². The van der Waals surface area contributed by atoms with Crippen LogP contribution in [0.15, 0.2) is 72.9 Å². The first-order valence-electron chi connectivity index (χ1n) is 9.27. The van der Waals surface area contributed by atoms with Crippen LogP contribution in [-0.4, -0.2) is 34.7 Å². The highest BCUT2D eigenvalue weighted by Gasteiger charge is 2.52. The number of pyridine rings is 1. The molecule has 3 aromatic rings. The molecule has 1 aliphatic heterocycles. The smallest absolute Gasteiger partial charge is 0.297 e. The maximum absolute atomic E-state index is 13.3. The quantitative estimate of drug-likeness (QED) is 0.400. The predicted molar refractivity (Wildman–Crippen MR) is 108 cm³/mol. The van der Waals surface area contributed by atoms with Crippen molar-refractivity contribution in [3.05, 3.63) is 84.1 Å². The predicted octanol–water partition coefficient (Wildman–Crippen LogP) is 2.95. The van der Waals surface area contributed by atoms with Gasteiger partial charge in [0.15, 0.2) is 17.3 Å². The number of carbonyl (C=O) groups is 3. The van der Waals surface area contributed by atoms with Gasteiger partial charge in [-0.3, -0.25) is 19.3 Å². The van der Waals surface area contributed by atoms with Crippen molar-refractivity contribution >= 4 is 23.3 Å². The van der Waals surface area contributed by atoms with Crippen LogP contribution in [0.4, 0.5) is 5.82 Å². The molecular weight excluding hydrogens is 384 g/mol. The van der Waals surface area contributed by atoms with Crippen LogP contribution in [0, 0.1) is 5.92 Å². The number of amides is 1. The zero-order valence-electron chi connectivity index (χ0n) is 16.1. The number of ether oxygens (including phenoxy) is 1. The van der Waals surface area contributed by atoms with Crippen molar-refractivity contribution in [2.45, 2.75) is 6.04 Å². The maximum Gasteiger partial charge on any atom is 0.297 e. The van der Waals surface area contributed by atoms with Crippen molar-refractivity contribution in [3.63, 3.8) is 0 Å². The number of rotatable bonds is 5. The third-order valence-corrected chi connectivity index (χ3v) is 5.09. The molecule has 2 aromatic carbocycles. The molecule has 2 unspecified atom stereocenters. The van der Waals surface area contributed by atoms with Gasteiger partial charge in [-0.2, -0.15) is 0 Å². The van der Waals surface area contributed by atoms with E-state index in [0.29, 0.717) is 11.1 Å². The Morgan fingerprint density at radius 3 is 2.43 bits per heavy atom. The molecule has 2 atom stereocenters. The number of benzene rings is 2. The lowest BCUT2D eigenvalue weighted by Gasteiger charge is -2.26. The Hall–Kier alpha value is -4.00. The highest BCUT2D eigenvalue weighted by molar-refractivity contribution is 6.48. The summed E-state index contributed by atoms with van der Waals surface area (Å²) in [6.45, 7) is 0. The molecule has 1 N–H and O–H groups in total. The minimum atomic E-state index is -1.25. The second kappa shape index (κ2) is 7.79. The van der Waals surface area contributed by atoms with E-state index in [9.17, 15) is 19.5 Å². The summed E-state index contributed by atoms with van der Waals surface area (Å²) in [6, 6.07) is 16.9. The fraction of sp³-hybridized carbons (Fsp3) is 0.130. The number of ketones is 2. The molecule has 7 heteroatoms. The molecule has 4 rings (SSSR count). The maximum atomic E-state index is 13.3. The molecule has 2 heterocycles. The molecule has 0 aliphatic carbocycles. The van der Waals surface area contributed by atoms with E-state index >= 15 is 0 Å². The van der Waals surface area contributed by atoms with E-state index in [4.69, 9.17) is 4.74 Å². The summed E-state index contributed by atoms with van der Waals surface area (Å²) in [4.78, 5) is 44.7. The van der Waals surface area contributed by atoms with Crippen LogP contribution in [0.25, 0.3) is 0 Å². The Labute approximate surface area is 172 Å². The van der Waals surface area contributed by atoms with E-state index < -0.39 is 29.4 Å². The monoisotopic (exact) mass is 402 g/mol. The highest BCUT2D eigenvalue weighted by atomic mass is 16.5. The fourth-order valence-electron chi connectivity index (χ4n) is 3.68. The second-order valence-electron chi connectivity index (χ2n) is 6.81. The van der Waals surface area contributed by atoms with Gasteiger partial charge in [0.25, 0.3) is 5.91 Å². The lowest BCUT2D eigenvalue weighted by molar-refractivity contribution is -0.135. The topological polar surface area (TPSA) is 96.8 Å². The largest absolute Gasteiger partial charge is 0.504 e. The van der Waals surface area contributed by atoms with Gasteiger partial charge in [-0.05, 0) is 29.8 Å². The Morgan fingerprint density at radius 2 is 1.77 bits per heavy atom. The molecule has 0 saturated carbocycles. The summed E-state index contributed by atoms with van der Waals surface area (Å²) < 4.78 is 5.18. The van der Waals surface area contributed by atoms with E-state index in [1.165, 1.54) is 30.3 Å². The Balaban J connectivity index is 1.88. The number of nitrogens with zero attached hydrogens (tertiary/aromatic N) is 2. The average Bonchev–Trinajstić information content (AvgIpc) is 3.05. The number of carbonyl (C=O) groups excluding carboxylic acids is 3. The van der Waals surface area contributed by atoms with E-state index in [0.717, 1.165) is 0 Å². The SMILES string of the molecule is COc1cc(C2C(C(=O)c3ccccc3)C(=O)C(=O)N2c2ccccn2)ccc1O. The number of Topliss-reactive ketones (excluding diaryl/α,β-unsaturated/α-hetero) is 2. The number of hydrogen-bond donors (Lipinski definition) is 1. The minimum absolute atomic E-state index is 0.0905. The van der Waals surface area contributed by atoms with E-state index in [2.05, 4.69) is 4.98 Å². The van der Waals surface area contributed by atoms with Crippen molar-refractivity contribution in [2.75, 3.05) is 12.0 Å². The molecule has 0 bridgehead atoms. The number of phenols is 1. The third kappa shape index (κ3) is 3.20. The molecule has 1 amide bonds. The van der Waals surface area contributed by atoms with Crippen molar-refractivity contribution in [1.29, 1.82) is 0 Å². The van der Waals surface area contributed by atoms with Crippen molar-refractivity contribution in [1.82, 2.24) is 4.98 Å². The van der Waals surface area contributed by atoms with Gasteiger partial charge < -0.3 is 9.84 Å². The zero-order valence-corrected chi connectivity index (χ0v) is 16.1. The number of methoxy groups -OCH3 is 1. The molecule has 0 radical (unpaired) electrons. The van der Waals surface area contributed by atoms with Gasteiger partial charge in [0.2, 0.25) is 5.78 Å². The van der Waals surface area contributed by atoms with Crippen LogP contribution in [0.1, 0.15) is 22.0 Å². The normalized spacial score (nSPS) is 18.5. The number of hydrogen-bond acceptors (Lipinski definition) is 6. The van der Waals surface area contributed by atoms with Crippen LogP contribution in [-0.2, 0) is 9.59 Å². The van der Waals surface area contributed by atoms with Crippen molar-refractivity contribution in [3.8, 4) is 11.5 Å². The molecule has 1 saturated heterocycles. The first-order chi connectivity index (χ1) is 14.5. The van der Waals surface area contributed by atoms with Gasteiger partial charge in [0.05, 0.1) is 13.2 Å². The van der Waals surface area contributed by atoms with Crippen LogP contribution in [0.2, 0.25) is 0 Å². The summed E-state index contributed by atoms with van der Waals surface area (Å²) in [5.41, 5.74) is 0.811. The third-order valence-electron chi connectivity index (χ3n) is 5.09. The van der Waals surface area contributed by atoms with E-state index in [1.807, 2.05) is 0 Å². The minimum Gasteiger partial charge on any atom is -0.504 e. The summed E-state index contributed by atoms with van der Waals surface area (Å²) in [5, 5.41) is 9.97. The van der Waals surface area contributed by atoms with Crippen LogP contribution >= 0.6 is 0 Å². The molecule has 150 valence electrons. The molecular formula is C23H18N2O5. The average molecular weight is 402 g/mol.